The first-order chi connectivity index (χ1) is 16.8. The Bertz CT molecular complexity index is 1220. The Hall–Kier alpha value is -2.51. The Morgan fingerprint density at radius 1 is 1.17 bits per heavy atom. The molecule has 2 heterocycles. The van der Waals surface area contributed by atoms with Crippen molar-refractivity contribution >= 4 is 44.8 Å². The van der Waals surface area contributed by atoms with Crippen molar-refractivity contribution in [3.63, 3.8) is 0 Å². The third-order valence-electron chi connectivity index (χ3n) is 6.17. The zero-order valence-corrected chi connectivity index (χ0v) is 21.2. The number of ether oxygens (including phenoxy) is 1. The van der Waals surface area contributed by atoms with E-state index in [9.17, 15) is 18.5 Å². The highest BCUT2D eigenvalue weighted by molar-refractivity contribution is 7.91. The van der Waals surface area contributed by atoms with Gasteiger partial charge in [-0.25, -0.2) is 8.42 Å². The van der Waals surface area contributed by atoms with Crippen LogP contribution in [0.1, 0.15) is 31.2 Å². The molecule has 0 saturated carbocycles. The third-order valence-corrected chi connectivity index (χ3v) is 8.08. The second-order valence-electron chi connectivity index (χ2n) is 8.71. The van der Waals surface area contributed by atoms with E-state index in [1.807, 2.05) is 6.07 Å². The van der Waals surface area contributed by atoms with Crippen LogP contribution in [0.4, 0.5) is 5.69 Å². The van der Waals surface area contributed by atoms with Gasteiger partial charge in [-0.2, -0.15) is 5.26 Å². The largest absolute Gasteiger partial charge is 0.489 e. The molecule has 2 aliphatic heterocycles. The summed E-state index contributed by atoms with van der Waals surface area (Å²) >= 11 is 12.7. The molecule has 0 radical (unpaired) electrons. The van der Waals surface area contributed by atoms with Gasteiger partial charge in [-0.3, -0.25) is 14.8 Å². The molecule has 3 atom stereocenters. The van der Waals surface area contributed by atoms with Crippen molar-refractivity contribution in [2.75, 3.05) is 17.9 Å². The fourth-order valence-electron chi connectivity index (χ4n) is 4.43. The summed E-state index contributed by atoms with van der Waals surface area (Å²) in [6.45, 7) is 0.805. The van der Waals surface area contributed by atoms with E-state index in [1.165, 1.54) is 12.1 Å². The minimum absolute atomic E-state index is 0.0533. The summed E-state index contributed by atoms with van der Waals surface area (Å²) < 4.78 is 33.6. The van der Waals surface area contributed by atoms with Gasteiger partial charge in [0, 0.05) is 12.6 Å². The van der Waals surface area contributed by atoms with Gasteiger partial charge in [0.2, 0.25) is 15.9 Å². The van der Waals surface area contributed by atoms with Crippen LogP contribution in [-0.2, 0) is 20.6 Å². The van der Waals surface area contributed by atoms with Crippen LogP contribution >= 0.6 is 23.2 Å². The zero-order valence-electron chi connectivity index (χ0n) is 18.9. The number of nitriles is 1. The van der Waals surface area contributed by atoms with Gasteiger partial charge in [-0.05, 0) is 43.4 Å². The van der Waals surface area contributed by atoms with E-state index in [2.05, 4.69) is 16.1 Å². The first kappa shape index (κ1) is 25.6. The number of sulfonamides is 1. The summed E-state index contributed by atoms with van der Waals surface area (Å²) in [6, 6.07) is 13.2. The number of hydrogen-bond acceptors (Lipinski definition) is 6. The van der Waals surface area contributed by atoms with E-state index < -0.39 is 10.0 Å². The van der Waals surface area contributed by atoms with E-state index in [0.29, 0.717) is 31.4 Å². The highest BCUT2D eigenvalue weighted by atomic mass is 35.5. The van der Waals surface area contributed by atoms with Crippen molar-refractivity contribution in [1.29, 1.82) is 5.26 Å². The number of benzene rings is 2. The Kier molecular flexibility index (Phi) is 8.07. The minimum Gasteiger partial charge on any atom is -0.489 e. The predicted octanol–water partition coefficient (Wildman–Crippen LogP) is 3.95. The van der Waals surface area contributed by atoms with Crippen molar-refractivity contribution in [3.05, 3.63) is 58.1 Å². The highest BCUT2D eigenvalue weighted by Crippen LogP contribution is 2.39. The fourth-order valence-corrected chi connectivity index (χ4v) is 6.23. The predicted molar refractivity (Wildman–Crippen MR) is 135 cm³/mol. The fraction of sp³-hybridized carbons (Fsp3) is 0.417. The molecule has 2 aromatic rings. The number of hydrogen-bond donors (Lipinski definition) is 2. The van der Waals surface area contributed by atoms with Crippen molar-refractivity contribution in [3.8, 4) is 11.8 Å². The molecule has 11 heteroatoms. The van der Waals surface area contributed by atoms with Crippen LogP contribution in [0.15, 0.2) is 42.5 Å². The molecule has 0 unspecified atom stereocenters. The molecular weight excluding hydrogens is 511 g/mol. The second-order valence-corrected chi connectivity index (χ2v) is 11.2. The molecule has 2 N–H and O–H groups in total. The molecule has 2 aromatic carbocycles. The quantitative estimate of drug-likeness (QED) is 0.528. The highest BCUT2D eigenvalue weighted by Gasteiger charge is 2.37. The molecule has 0 spiro atoms. The van der Waals surface area contributed by atoms with Crippen molar-refractivity contribution in [2.24, 2.45) is 0 Å². The molecule has 8 nitrogen and oxygen atoms in total. The second kappa shape index (κ2) is 11.0. The summed E-state index contributed by atoms with van der Waals surface area (Å²) in [6.07, 6.45) is 2.90. The average molecular weight is 537 g/mol. The lowest BCUT2D eigenvalue weighted by molar-refractivity contribution is -0.133. The zero-order chi connectivity index (χ0) is 25.0. The molecule has 0 aromatic heterocycles. The van der Waals surface area contributed by atoms with Crippen LogP contribution in [-0.4, -0.2) is 50.5 Å². The van der Waals surface area contributed by atoms with E-state index in [4.69, 9.17) is 27.9 Å². The van der Waals surface area contributed by atoms with Gasteiger partial charge in [-0.1, -0.05) is 53.5 Å². The number of halogens is 2. The van der Waals surface area contributed by atoms with Crippen LogP contribution in [0, 0.1) is 11.3 Å². The number of carbonyl (C=O) groups is 1. The SMILES string of the molecule is N#C[C@@H]1CCCN1C(=O)[C@@H]1CC[C@H](COc2c(Cl)ccc(NS(=O)(=O)Cc3ccccc3)c2Cl)N1. The van der Waals surface area contributed by atoms with Crippen LogP contribution in [0.3, 0.4) is 0 Å². The van der Waals surface area contributed by atoms with Gasteiger partial charge in [-0.15, -0.1) is 0 Å². The Morgan fingerprint density at radius 2 is 1.94 bits per heavy atom. The number of amides is 1. The molecule has 2 aliphatic rings. The molecule has 1 amide bonds. The molecular formula is C24H26Cl2N4O4S. The Balaban J connectivity index is 1.37. The minimum atomic E-state index is -3.71. The van der Waals surface area contributed by atoms with Crippen LogP contribution in [0.25, 0.3) is 0 Å². The molecule has 35 heavy (non-hydrogen) atoms. The summed E-state index contributed by atoms with van der Waals surface area (Å²) in [5, 5.41) is 12.8. The van der Waals surface area contributed by atoms with Crippen molar-refractivity contribution in [1.82, 2.24) is 10.2 Å². The lowest BCUT2D eigenvalue weighted by Gasteiger charge is -2.24. The summed E-state index contributed by atoms with van der Waals surface area (Å²) in [5.74, 6) is -0.0787. The number of rotatable bonds is 8. The first-order valence-electron chi connectivity index (χ1n) is 11.4. The van der Waals surface area contributed by atoms with Crippen LogP contribution in [0.2, 0.25) is 10.0 Å². The van der Waals surface area contributed by atoms with Gasteiger partial charge < -0.3 is 9.64 Å². The molecule has 2 saturated heterocycles. The number of nitrogens with one attached hydrogen (secondary N) is 2. The lowest BCUT2D eigenvalue weighted by atomic mass is 10.1. The smallest absolute Gasteiger partial charge is 0.240 e. The van der Waals surface area contributed by atoms with Gasteiger partial charge in [0.1, 0.15) is 17.7 Å². The Labute approximate surface area is 215 Å². The van der Waals surface area contributed by atoms with E-state index in [1.54, 1.807) is 29.2 Å². The number of anilines is 1. The van der Waals surface area contributed by atoms with Gasteiger partial charge in [0.15, 0.2) is 5.75 Å². The van der Waals surface area contributed by atoms with E-state index in [-0.39, 0.29) is 57.9 Å². The number of carbonyl (C=O) groups excluding carboxylic acids is 1. The molecule has 0 bridgehead atoms. The normalized spacial score (nSPS) is 22.1. The van der Waals surface area contributed by atoms with Crippen LogP contribution in [0.5, 0.6) is 5.75 Å². The lowest BCUT2D eigenvalue weighted by Crippen LogP contribution is -2.47. The molecule has 2 fully saturated rings. The van der Waals surface area contributed by atoms with Crippen molar-refractivity contribution in [2.45, 2.75) is 49.6 Å². The first-order valence-corrected chi connectivity index (χ1v) is 13.8. The van der Waals surface area contributed by atoms with E-state index >= 15 is 0 Å². The summed E-state index contributed by atoms with van der Waals surface area (Å²) in [7, 11) is -3.71. The maximum absolute atomic E-state index is 12.8. The van der Waals surface area contributed by atoms with E-state index in [0.717, 1.165) is 6.42 Å². The average Bonchev–Trinajstić information content (AvgIpc) is 3.50. The van der Waals surface area contributed by atoms with Gasteiger partial charge in [0.25, 0.3) is 0 Å². The molecule has 4 rings (SSSR count). The van der Waals surface area contributed by atoms with Crippen molar-refractivity contribution < 1.29 is 17.9 Å². The summed E-state index contributed by atoms with van der Waals surface area (Å²) in [5.41, 5.74) is 0.819. The molecule has 0 aliphatic carbocycles. The van der Waals surface area contributed by atoms with Crippen LogP contribution < -0.4 is 14.8 Å². The number of nitrogens with zero attached hydrogens (tertiary/aromatic N) is 2. The monoisotopic (exact) mass is 536 g/mol. The third kappa shape index (κ3) is 6.19. The number of likely N-dealkylation sites (tertiary alicyclic amines) is 1. The van der Waals surface area contributed by atoms with Gasteiger partial charge >= 0.3 is 0 Å². The maximum atomic E-state index is 12.8. The summed E-state index contributed by atoms with van der Waals surface area (Å²) in [4.78, 5) is 14.5. The molecule has 186 valence electrons. The Morgan fingerprint density at radius 3 is 2.69 bits per heavy atom. The topological polar surface area (TPSA) is 112 Å². The van der Waals surface area contributed by atoms with Gasteiger partial charge in [0.05, 0.1) is 28.6 Å². The standard InChI is InChI=1S/C24H26Cl2N4O4S/c25-19-9-11-20(29-35(32,33)15-16-5-2-1-3-6-16)22(26)23(19)34-14-17-8-10-21(28-17)24(31)30-12-4-7-18(30)13-27/h1-3,5-6,9,11,17-18,21,28-29H,4,7-8,10,12,14-15H2/t17-,18+,21+/m1/s1. The maximum Gasteiger partial charge on any atom is 0.240 e.